The molecule has 20 heavy (non-hydrogen) atoms. The van der Waals surface area contributed by atoms with E-state index in [1.807, 2.05) is 0 Å². The maximum absolute atomic E-state index is 12.4. The highest BCUT2D eigenvalue weighted by molar-refractivity contribution is 7.57. The predicted octanol–water partition coefficient (Wildman–Crippen LogP) is 4.93. The Morgan fingerprint density at radius 1 is 1.10 bits per heavy atom. The van der Waals surface area contributed by atoms with E-state index in [2.05, 4.69) is 27.7 Å². The molecule has 0 atom stereocenters. The molecule has 0 rings (SSSR count). The Morgan fingerprint density at radius 2 is 1.55 bits per heavy atom. The predicted molar refractivity (Wildman–Crippen MR) is 84.2 cm³/mol. The van der Waals surface area contributed by atoms with Crippen molar-refractivity contribution in [2.45, 2.75) is 52.9 Å². The van der Waals surface area contributed by atoms with Crippen LogP contribution in [0.3, 0.4) is 0 Å². The van der Waals surface area contributed by atoms with Gasteiger partial charge in [-0.25, -0.2) is 0 Å². The summed E-state index contributed by atoms with van der Waals surface area (Å²) in [5.74, 6) is 1.55. The first-order chi connectivity index (χ1) is 9.29. The van der Waals surface area contributed by atoms with Gasteiger partial charge < -0.3 is 18.3 Å². The van der Waals surface area contributed by atoms with Crippen molar-refractivity contribution in [1.82, 2.24) is 0 Å². The van der Waals surface area contributed by atoms with Crippen molar-refractivity contribution in [1.29, 1.82) is 0 Å². The van der Waals surface area contributed by atoms with Crippen LogP contribution in [0.25, 0.3) is 0 Å². The quantitative estimate of drug-likeness (QED) is 0.421. The van der Waals surface area contributed by atoms with Crippen LogP contribution < -0.4 is 0 Å². The van der Waals surface area contributed by atoms with Gasteiger partial charge in [-0.05, 0) is 13.8 Å². The van der Waals surface area contributed by atoms with Crippen LogP contribution in [-0.4, -0.2) is 31.6 Å². The monoisotopic (exact) mass is 326 g/mol. The van der Waals surface area contributed by atoms with Crippen LogP contribution in [0.2, 0.25) is 0 Å². The van der Waals surface area contributed by atoms with E-state index in [-0.39, 0.29) is 5.95 Å². The van der Waals surface area contributed by atoms with Gasteiger partial charge in [-0.3, -0.25) is 4.57 Å². The smallest absolute Gasteiger partial charge is 0.361 e. The van der Waals surface area contributed by atoms with Crippen molar-refractivity contribution in [3.63, 3.8) is 0 Å². The van der Waals surface area contributed by atoms with Crippen molar-refractivity contribution in [3.8, 4) is 0 Å². The molecule has 5 nitrogen and oxygen atoms in total. The van der Waals surface area contributed by atoms with Crippen molar-refractivity contribution in [2.24, 2.45) is 0 Å². The first-order valence-corrected chi connectivity index (χ1v) is 9.92. The molecule has 0 N–H and O–H groups in total. The van der Waals surface area contributed by atoms with E-state index < -0.39 is 15.7 Å². The Kier molecular flexibility index (Phi) is 9.74. The lowest BCUT2D eigenvalue weighted by Crippen LogP contribution is -2.07. The largest absolute Gasteiger partial charge is 0.468 e. The van der Waals surface area contributed by atoms with E-state index in [9.17, 15) is 4.57 Å². The zero-order chi connectivity index (χ0) is 15.8. The Morgan fingerprint density at radius 3 is 1.85 bits per heavy atom. The summed E-state index contributed by atoms with van der Waals surface area (Å²) in [6.45, 7) is 12.5. The summed E-state index contributed by atoms with van der Waals surface area (Å²) in [6, 6.07) is 0. The van der Waals surface area contributed by atoms with Crippen LogP contribution in [0.15, 0.2) is 11.8 Å². The molecule has 0 amide bonds. The molecule has 7 heteroatoms. The summed E-state index contributed by atoms with van der Waals surface area (Å²) in [5.41, 5.74) is 0.754. The third-order valence-corrected chi connectivity index (χ3v) is 6.49. The minimum Gasteiger partial charge on any atom is -0.468 e. The van der Waals surface area contributed by atoms with Crippen LogP contribution in [-0.2, 0) is 22.9 Å². The Bertz CT molecular complexity index is 324. The van der Waals surface area contributed by atoms with E-state index >= 15 is 0 Å². The zero-order valence-corrected chi connectivity index (χ0v) is 15.4. The molecule has 0 aromatic heterocycles. The molecule has 120 valence electrons. The van der Waals surface area contributed by atoms with Crippen molar-refractivity contribution in [2.75, 3.05) is 20.3 Å². The highest BCUT2D eigenvalue weighted by atomic mass is 31.2. The molecule has 0 aromatic carbocycles. The van der Waals surface area contributed by atoms with Crippen LogP contribution in [0.1, 0.15) is 41.5 Å². The van der Waals surface area contributed by atoms with E-state index in [0.717, 1.165) is 0 Å². The van der Waals surface area contributed by atoms with Gasteiger partial charge in [0.1, 0.15) is 5.82 Å². The van der Waals surface area contributed by atoms with Gasteiger partial charge in [0.15, 0.2) is 0 Å². The van der Waals surface area contributed by atoms with Crippen LogP contribution >= 0.6 is 15.7 Å². The molecule has 0 aliphatic rings. The zero-order valence-electron chi connectivity index (χ0n) is 13.6. The number of rotatable bonds is 10. The van der Waals surface area contributed by atoms with Crippen LogP contribution in [0.5, 0.6) is 0 Å². The second-order valence-electron chi connectivity index (χ2n) is 4.67. The number of hydrogen-bond donors (Lipinski definition) is 0. The molecule has 0 heterocycles. The summed E-state index contributed by atoms with van der Waals surface area (Å²) in [6.07, 6.45) is 0. The lowest BCUT2D eigenvalue weighted by Gasteiger charge is -2.26. The van der Waals surface area contributed by atoms with E-state index in [1.54, 1.807) is 13.8 Å². The Labute approximate surface area is 124 Å². The summed E-state index contributed by atoms with van der Waals surface area (Å²) in [7, 11) is -2.54. The van der Waals surface area contributed by atoms with Crippen molar-refractivity contribution < 1.29 is 22.9 Å². The number of ether oxygens (including phenoxy) is 1. The number of methoxy groups -OCH3 is 1. The summed E-state index contributed by atoms with van der Waals surface area (Å²) < 4.78 is 33.9. The average molecular weight is 326 g/mol. The maximum atomic E-state index is 12.4. The summed E-state index contributed by atoms with van der Waals surface area (Å²) in [4.78, 5) is 0. The van der Waals surface area contributed by atoms with Crippen molar-refractivity contribution in [3.05, 3.63) is 11.8 Å². The average Bonchev–Trinajstić information content (AvgIpc) is 2.33. The third kappa shape index (κ3) is 7.08. The highest BCUT2D eigenvalue weighted by Gasteiger charge is 2.26. The second-order valence-corrected chi connectivity index (χ2v) is 9.49. The molecule has 0 unspecified atom stereocenters. The normalized spacial score (nSPS) is 13.4. The molecule has 0 aliphatic heterocycles. The first-order valence-electron chi connectivity index (χ1n) is 6.91. The molecule has 0 aromatic rings. The molecule has 0 aliphatic carbocycles. The highest BCUT2D eigenvalue weighted by Crippen LogP contribution is 2.54. The topological polar surface area (TPSA) is 54.0 Å². The fourth-order valence-corrected chi connectivity index (χ4v) is 5.02. The minimum atomic E-state index is -3.31. The van der Waals surface area contributed by atoms with Gasteiger partial charge in [-0.1, -0.05) is 27.7 Å². The molecule has 0 radical (unpaired) electrons. The molecule has 0 saturated heterocycles. The van der Waals surface area contributed by atoms with Gasteiger partial charge in [-0.15, -0.1) is 0 Å². The molecule has 0 saturated carbocycles. The Hall–Kier alpha value is -0.0800. The first kappa shape index (κ1) is 19.9. The minimum absolute atomic E-state index is 0.212. The SMILES string of the molecule is CCOP(=O)(/C=C(\OC)OP(C(C)C)C(C)C)OCC. The molecule has 0 bridgehead atoms. The van der Waals surface area contributed by atoms with E-state index in [4.69, 9.17) is 18.3 Å². The second kappa shape index (κ2) is 9.78. The van der Waals surface area contributed by atoms with Gasteiger partial charge in [-0.2, -0.15) is 0 Å². The van der Waals surface area contributed by atoms with Crippen molar-refractivity contribution >= 4 is 15.7 Å². The van der Waals surface area contributed by atoms with E-state index in [1.165, 1.54) is 12.9 Å². The fraction of sp³-hybridized carbons (Fsp3) is 0.846. The molecular weight excluding hydrogens is 298 g/mol. The summed E-state index contributed by atoms with van der Waals surface area (Å²) >= 11 is 0. The lowest BCUT2D eigenvalue weighted by atomic mass is 10.5. The molecule has 0 spiro atoms. The van der Waals surface area contributed by atoms with Gasteiger partial charge in [0.25, 0.3) is 5.95 Å². The van der Waals surface area contributed by atoms with Crippen LogP contribution in [0, 0.1) is 0 Å². The molecular formula is C13H28O5P2. The Balaban J connectivity index is 5.11. The van der Waals surface area contributed by atoms with Crippen LogP contribution in [0.4, 0.5) is 0 Å². The van der Waals surface area contributed by atoms with Gasteiger partial charge in [0.05, 0.1) is 28.5 Å². The number of hydrogen-bond acceptors (Lipinski definition) is 5. The van der Waals surface area contributed by atoms with Gasteiger partial charge >= 0.3 is 7.60 Å². The standard InChI is InChI=1S/C13H28O5P2/c1-8-16-20(14,17-9-2)10-13(15-7)18-19(11(3)4)12(5)6/h10-12H,8-9H2,1-7H3/b13-10+. The maximum Gasteiger partial charge on any atom is 0.361 e. The third-order valence-electron chi connectivity index (χ3n) is 2.30. The van der Waals surface area contributed by atoms with E-state index in [0.29, 0.717) is 24.5 Å². The summed E-state index contributed by atoms with van der Waals surface area (Å²) in [5, 5.41) is 0. The molecule has 0 fully saturated rings. The lowest BCUT2D eigenvalue weighted by molar-refractivity contribution is 0.157. The van der Waals surface area contributed by atoms with Gasteiger partial charge in [0.2, 0.25) is 0 Å². The van der Waals surface area contributed by atoms with Gasteiger partial charge in [0, 0.05) is 11.3 Å². The fourth-order valence-electron chi connectivity index (χ4n) is 1.63.